The molecule has 2 aromatic heterocycles. The van der Waals surface area contributed by atoms with Gasteiger partial charge in [-0.1, -0.05) is 12.2 Å². The van der Waals surface area contributed by atoms with Crippen molar-refractivity contribution in [1.29, 1.82) is 0 Å². The van der Waals surface area contributed by atoms with Gasteiger partial charge in [-0.15, -0.1) is 0 Å². The molecule has 9 heteroatoms. The number of nitrogens with one attached hydrogen (secondary N) is 1. The Kier molecular flexibility index (Phi) is 3.83. The number of aliphatic hydroxyl groups is 3. The Morgan fingerprint density at radius 3 is 2.77 bits per heavy atom. The zero-order valence-corrected chi connectivity index (χ0v) is 12.4. The van der Waals surface area contributed by atoms with Crippen LogP contribution >= 0.6 is 12.2 Å². The van der Waals surface area contributed by atoms with Crippen LogP contribution in [0.3, 0.4) is 0 Å². The molecule has 1 unspecified atom stereocenters. The van der Waals surface area contributed by atoms with Gasteiger partial charge in [0.15, 0.2) is 0 Å². The molecule has 0 bridgehead atoms. The summed E-state index contributed by atoms with van der Waals surface area (Å²) in [6, 6.07) is 0. The normalized spacial score (nSPS) is 28.4. The van der Waals surface area contributed by atoms with Crippen molar-refractivity contribution in [3.8, 4) is 0 Å². The van der Waals surface area contributed by atoms with Gasteiger partial charge in [0.2, 0.25) is 5.78 Å². The lowest BCUT2D eigenvalue weighted by Gasteiger charge is -2.15. The van der Waals surface area contributed by atoms with Crippen LogP contribution in [0.5, 0.6) is 0 Å². The fraction of sp³-hybridized carbons (Fsp3) is 0.462. The van der Waals surface area contributed by atoms with Crippen molar-refractivity contribution in [3.63, 3.8) is 0 Å². The highest BCUT2D eigenvalue weighted by molar-refractivity contribution is 7.71. The quantitative estimate of drug-likeness (QED) is 0.534. The van der Waals surface area contributed by atoms with Crippen LogP contribution in [0.4, 0.5) is 0 Å². The molecule has 4 atom stereocenters. The van der Waals surface area contributed by atoms with Gasteiger partial charge in [-0.25, -0.2) is 4.98 Å². The average molecular weight is 325 g/mol. The van der Waals surface area contributed by atoms with Crippen molar-refractivity contribution in [2.75, 3.05) is 6.61 Å². The second kappa shape index (κ2) is 5.52. The summed E-state index contributed by atoms with van der Waals surface area (Å²) in [7, 11) is 0. The fourth-order valence-corrected chi connectivity index (χ4v) is 2.75. The Hall–Kier alpha value is -1.65. The maximum atomic E-state index is 11.6. The van der Waals surface area contributed by atoms with Crippen LogP contribution < -0.4 is 5.56 Å². The van der Waals surface area contributed by atoms with E-state index in [-0.39, 0.29) is 16.0 Å². The van der Waals surface area contributed by atoms with Crippen LogP contribution in [0.1, 0.15) is 17.2 Å². The highest BCUT2D eigenvalue weighted by atomic mass is 32.1. The van der Waals surface area contributed by atoms with E-state index in [1.54, 1.807) is 23.7 Å². The van der Waals surface area contributed by atoms with Gasteiger partial charge < -0.3 is 20.1 Å². The molecule has 0 aliphatic carbocycles. The predicted molar refractivity (Wildman–Crippen MR) is 78.1 cm³/mol. The number of ether oxygens (including phenoxy) is 1. The van der Waals surface area contributed by atoms with E-state index < -0.39 is 31.0 Å². The number of aryl methyl sites for hydroxylation is 1. The van der Waals surface area contributed by atoms with E-state index in [9.17, 15) is 15.0 Å². The smallest absolute Gasteiger partial charge is 0.255 e. The highest BCUT2D eigenvalue weighted by Gasteiger charge is 2.43. The van der Waals surface area contributed by atoms with Crippen molar-refractivity contribution in [1.82, 2.24) is 14.4 Å². The van der Waals surface area contributed by atoms with E-state index in [4.69, 9.17) is 22.1 Å². The van der Waals surface area contributed by atoms with Crippen molar-refractivity contribution in [2.24, 2.45) is 0 Å². The van der Waals surface area contributed by atoms with Crippen LogP contribution in [-0.4, -0.2) is 54.6 Å². The summed E-state index contributed by atoms with van der Waals surface area (Å²) < 4.78 is 7.18. The monoisotopic (exact) mass is 325 g/mol. The zero-order valence-electron chi connectivity index (χ0n) is 11.6. The molecule has 1 fully saturated rings. The van der Waals surface area contributed by atoms with Gasteiger partial charge in [0.05, 0.1) is 6.61 Å². The number of fused-ring (bicyclic) bond motifs is 1. The topological polar surface area (TPSA) is 120 Å². The summed E-state index contributed by atoms with van der Waals surface area (Å²) >= 11 is 5.18. The summed E-state index contributed by atoms with van der Waals surface area (Å²) in [4.78, 5) is 18.3. The lowest BCUT2D eigenvalue weighted by molar-refractivity contribution is -0.0230. The molecular formula is C13H15N3O5S. The summed E-state index contributed by atoms with van der Waals surface area (Å²) in [6.07, 6.45) is -1.03. The molecular weight excluding hydrogens is 310 g/mol. The SMILES string of the molecule is Cc1cn2cc([C@@H]3O[C@H](CO)C(O)[C@@H]3O)c(=S)nc2[nH]c1=O. The fourth-order valence-electron chi connectivity index (χ4n) is 2.49. The van der Waals surface area contributed by atoms with E-state index in [1.807, 2.05) is 0 Å². The first-order valence-electron chi connectivity index (χ1n) is 6.67. The largest absolute Gasteiger partial charge is 0.394 e. The molecule has 0 aromatic carbocycles. The number of hydrogen-bond donors (Lipinski definition) is 4. The Morgan fingerprint density at radius 2 is 2.14 bits per heavy atom. The van der Waals surface area contributed by atoms with Crippen molar-refractivity contribution < 1.29 is 20.1 Å². The van der Waals surface area contributed by atoms with E-state index in [0.29, 0.717) is 11.1 Å². The van der Waals surface area contributed by atoms with Crippen molar-refractivity contribution >= 4 is 18.0 Å². The Balaban J connectivity index is 2.12. The molecule has 2 aromatic rings. The molecule has 4 N–H and O–H groups in total. The third-order valence-corrected chi connectivity index (χ3v) is 4.07. The van der Waals surface area contributed by atoms with Gasteiger partial charge in [0.1, 0.15) is 29.1 Å². The zero-order chi connectivity index (χ0) is 16.0. The van der Waals surface area contributed by atoms with Crippen LogP contribution in [0.15, 0.2) is 17.2 Å². The summed E-state index contributed by atoms with van der Waals surface area (Å²) in [6.45, 7) is 1.24. The summed E-state index contributed by atoms with van der Waals surface area (Å²) in [5.74, 6) is 0.274. The lowest BCUT2D eigenvalue weighted by atomic mass is 10.0. The van der Waals surface area contributed by atoms with Gasteiger partial charge in [0, 0.05) is 23.5 Å². The maximum Gasteiger partial charge on any atom is 0.255 e. The number of H-pyrrole nitrogens is 1. The molecule has 0 radical (unpaired) electrons. The average Bonchev–Trinajstić information content (AvgIpc) is 2.76. The number of rotatable bonds is 2. The first kappa shape index (κ1) is 15.3. The first-order valence-corrected chi connectivity index (χ1v) is 7.08. The molecule has 22 heavy (non-hydrogen) atoms. The Morgan fingerprint density at radius 1 is 1.41 bits per heavy atom. The number of hydrogen-bond acceptors (Lipinski definition) is 7. The highest BCUT2D eigenvalue weighted by Crippen LogP contribution is 2.33. The Labute approximate surface area is 129 Å². The van der Waals surface area contributed by atoms with E-state index in [2.05, 4.69) is 9.97 Å². The van der Waals surface area contributed by atoms with Gasteiger partial charge >= 0.3 is 0 Å². The van der Waals surface area contributed by atoms with Gasteiger partial charge in [-0.2, -0.15) is 0 Å². The minimum atomic E-state index is -1.22. The van der Waals surface area contributed by atoms with Crippen LogP contribution in [-0.2, 0) is 4.74 Å². The molecule has 1 aliphatic rings. The predicted octanol–water partition coefficient (Wildman–Crippen LogP) is -0.785. The van der Waals surface area contributed by atoms with E-state index in [0.717, 1.165) is 0 Å². The van der Waals surface area contributed by atoms with Crippen LogP contribution in [0.2, 0.25) is 0 Å². The molecule has 0 amide bonds. The van der Waals surface area contributed by atoms with Crippen molar-refractivity contribution in [3.05, 3.63) is 38.5 Å². The molecule has 118 valence electrons. The summed E-state index contributed by atoms with van der Waals surface area (Å²) in [5, 5.41) is 29.1. The number of nitrogens with zero attached hydrogens (tertiary/aromatic N) is 2. The van der Waals surface area contributed by atoms with Gasteiger partial charge in [-0.3, -0.25) is 14.2 Å². The molecule has 8 nitrogen and oxygen atoms in total. The minimum absolute atomic E-state index is 0.148. The Bertz CT molecular complexity index is 833. The van der Waals surface area contributed by atoms with Gasteiger partial charge in [0.25, 0.3) is 5.56 Å². The number of aliphatic hydroxyl groups excluding tert-OH is 3. The second-order valence-electron chi connectivity index (χ2n) is 5.26. The van der Waals surface area contributed by atoms with E-state index >= 15 is 0 Å². The molecule has 0 saturated carbocycles. The van der Waals surface area contributed by atoms with E-state index in [1.165, 1.54) is 0 Å². The van der Waals surface area contributed by atoms with Crippen LogP contribution in [0, 0.1) is 11.6 Å². The molecule has 3 rings (SSSR count). The maximum absolute atomic E-state index is 11.6. The molecule has 3 heterocycles. The third kappa shape index (κ3) is 2.36. The standard InChI is InChI=1S/C13H15N3O5S/c1-5-2-16-3-6(12(22)15-13(16)14-11(5)20)10-9(19)8(18)7(4-17)21-10/h2-3,7-10,17-19H,4H2,1H3,(H,14,15,20,22)/t7-,8?,9+,10+/m1/s1. The molecule has 1 saturated heterocycles. The molecule has 1 aliphatic heterocycles. The number of aromatic amines is 1. The summed E-state index contributed by atoms with van der Waals surface area (Å²) in [5.41, 5.74) is 0.632. The van der Waals surface area contributed by atoms with Gasteiger partial charge in [-0.05, 0) is 6.92 Å². The molecule has 0 spiro atoms. The number of aromatic nitrogens is 3. The first-order chi connectivity index (χ1) is 10.4. The lowest BCUT2D eigenvalue weighted by Crippen LogP contribution is -2.32. The third-order valence-electron chi connectivity index (χ3n) is 3.74. The second-order valence-corrected chi connectivity index (χ2v) is 5.64. The minimum Gasteiger partial charge on any atom is -0.394 e. The van der Waals surface area contributed by atoms with Crippen molar-refractivity contribution in [2.45, 2.75) is 31.3 Å². The van der Waals surface area contributed by atoms with Crippen LogP contribution in [0.25, 0.3) is 5.78 Å².